The molecule has 0 radical (unpaired) electrons. The number of aliphatic carboxylic acids is 1. The SMILES string of the molecule is COc1ccccc1NC(=O)Nc1nc(Nc2ccccc2-c2ccccc2)nc(N(CCC(=O)O)Cc2cccc(C)c2)n1. The number of carbonyl (C=O) groups is 2. The number of nitrogens with zero attached hydrogens (tertiary/aromatic N) is 4. The summed E-state index contributed by atoms with van der Waals surface area (Å²) >= 11 is 0. The van der Waals surface area contributed by atoms with E-state index in [2.05, 4.69) is 30.9 Å². The first kappa shape index (κ1) is 30.5. The summed E-state index contributed by atoms with van der Waals surface area (Å²) in [5.41, 5.74) is 5.13. The maximum Gasteiger partial charge on any atom is 0.326 e. The summed E-state index contributed by atoms with van der Waals surface area (Å²) in [6.45, 7) is 2.45. The topological polar surface area (TPSA) is 142 Å². The van der Waals surface area contributed by atoms with Gasteiger partial charge in [0.2, 0.25) is 17.8 Å². The summed E-state index contributed by atoms with van der Waals surface area (Å²) in [6, 6.07) is 31.9. The van der Waals surface area contributed by atoms with Gasteiger partial charge in [-0.25, -0.2) is 4.79 Å². The molecule has 1 aromatic heterocycles. The Kier molecular flexibility index (Phi) is 9.80. The Hall–Kier alpha value is -5.97. The zero-order chi connectivity index (χ0) is 31.6. The number of aromatic nitrogens is 3. The van der Waals surface area contributed by atoms with E-state index in [-0.39, 0.29) is 30.8 Å². The molecule has 228 valence electrons. The van der Waals surface area contributed by atoms with Crippen LogP contribution in [0.2, 0.25) is 0 Å². The molecule has 0 saturated carbocycles. The summed E-state index contributed by atoms with van der Waals surface area (Å²) in [4.78, 5) is 40.2. The fourth-order valence-corrected chi connectivity index (χ4v) is 4.71. The maximum atomic E-state index is 13.1. The van der Waals surface area contributed by atoms with Crippen molar-refractivity contribution in [1.29, 1.82) is 0 Å². The molecule has 0 atom stereocenters. The van der Waals surface area contributed by atoms with Gasteiger partial charge < -0.3 is 25.4 Å². The third-order valence-corrected chi connectivity index (χ3v) is 6.80. The summed E-state index contributed by atoms with van der Waals surface area (Å²) in [7, 11) is 1.52. The van der Waals surface area contributed by atoms with Crippen LogP contribution in [0.1, 0.15) is 17.5 Å². The van der Waals surface area contributed by atoms with Crippen molar-refractivity contribution in [3.05, 3.63) is 114 Å². The van der Waals surface area contributed by atoms with E-state index in [0.717, 1.165) is 27.9 Å². The van der Waals surface area contributed by atoms with Gasteiger partial charge in [-0.3, -0.25) is 10.1 Å². The van der Waals surface area contributed by atoms with Crippen molar-refractivity contribution in [3.63, 3.8) is 0 Å². The van der Waals surface area contributed by atoms with Gasteiger partial charge in [0.25, 0.3) is 0 Å². The average molecular weight is 604 g/mol. The average Bonchev–Trinajstić information content (AvgIpc) is 3.04. The zero-order valence-corrected chi connectivity index (χ0v) is 24.9. The van der Waals surface area contributed by atoms with Crippen LogP contribution < -0.4 is 25.6 Å². The minimum atomic E-state index is -0.956. The summed E-state index contributed by atoms with van der Waals surface area (Å²) < 4.78 is 5.34. The predicted molar refractivity (Wildman–Crippen MR) is 175 cm³/mol. The van der Waals surface area contributed by atoms with Gasteiger partial charge in [0.05, 0.1) is 19.2 Å². The lowest BCUT2D eigenvalue weighted by Crippen LogP contribution is -2.29. The first-order chi connectivity index (χ1) is 21.9. The molecule has 0 spiro atoms. The Morgan fingerprint density at radius 3 is 2.27 bits per heavy atom. The number of para-hydroxylation sites is 3. The molecule has 4 N–H and O–H groups in total. The van der Waals surface area contributed by atoms with Crippen molar-refractivity contribution in [3.8, 4) is 16.9 Å². The molecule has 1 heterocycles. The van der Waals surface area contributed by atoms with Crippen LogP contribution in [0.15, 0.2) is 103 Å². The molecule has 5 rings (SSSR count). The Morgan fingerprint density at radius 1 is 0.800 bits per heavy atom. The highest BCUT2D eigenvalue weighted by atomic mass is 16.5. The number of hydrogen-bond acceptors (Lipinski definition) is 8. The number of carbonyl (C=O) groups excluding carboxylic acids is 1. The smallest absolute Gasteiger partial charge is 0.326 e. The van der Waals surface area contributed by atoms with Gasteiger partial charge in [-0.15, -0.1) is 0 Å². The molecule has 0 fully saturated rings. The van der Waals surface area contributed by atoms with Crippen LogP contribution in [-0.4, -0.2) is 45.7 Å². The molecule has 0 aliphatic carbocycles. The number of anilines is 5. The van der Waals surface area contributed by atoms with E-state index in [1.807, 2.05) is 85.8 Å². The number of aryl methyl sites for hydroxylation is 1. The summed E-state index contributed by atoms with van der Waals surface area (Å²) in [5, 5.41) is 18.2. The van der Waals surface area contributed by atoms with Gasteiger partial charge >= 0.3 is 12.0 Å². The number of methoxy groups -OCH3 is 1. The Bertz CT molecular complexity index is 1780. The third-order valence-electron chi connectivity index (χ3n) is 6.80. The van der Waals surface area contributed by atoms with Crippen LogP contribution in [0.5, 0.6) is 5.75 Å². The van der Waals surface area contributed by atoms with Gasteiger partial charge in [0.1, 0.15) is 5.75 Å². The number of carboxylic acids is 1. The monoisotopic (exact) mass is 603 g/mol. The fourth-order valence-electron chi connectivity index (χ4n) is 4.71. The molecule has 4 aromatic carbocycles. The molecular weight excluding hydrogens is 570 g/mol. The molecule has 2 amide bonds. The molecule has 11 heteroatoms. The summed E-state index contributed by atoms with van der Waals surface area (Å²) in [5.74, 6) is -0.137. The van der Waals surface area contributed by atoms with E-state index in [1.54, 1.807) is 29.2 Å². The molecule has 0 unspecified atom stereocenters. The standard InChI is InChI=1S/C34H33N7O4/c1-23-11-10-12-24(21-23)22-41(20-19-30(42)43)33-38-31(35-27-16-7-6-15-26(27)25-13-4-3-5-14-25)37-32(39-33)40-34(44)36-28-17-8-9-18-29(28)45-2/h3-18,21H,19-20,22H2,1-2H3,(H,42,43)(H3,35,36,37,38,39,40,44). The first-order valence-electron chi connectivity index (χ1n) is 14.3. The van der Waals surface area contributed by atoms with Gasteiger partial charge in [-0.2, -0.15) is 15.0 Å². The van der Waals surface area contributed by atoms with E-state index in [4.69, 9.17) is 4.74 Å². The van der Waals surface area contributed by atoms with E-state index in [1.165, 1.54) is 7.11 Å². The van der Waals surface area contributed by atoms with E-state index >= 15 is 0 Å². The van der Waals surface area contributed by atoms with Gasteiger partial charge in [0.15, 0.2) is 0 Å². The predicted octanol–water partition coefficient (Wildman–Crippen LogP) is 6.72. The maximum absolute atomic E-state index is 13.1. The highest BCUT2D eigenvalue weighted by Crippen LogP contribution is 2.30. The highest BCUT2D eigenvalue weighted by molar-refractivity contribution is 5.99. The fraction of sp³-hybridized carbons (Fsp3) is 0.147. The third kappa shape index (κ3) is 8.32. The lowest BCUT2D eigenvalue weighted by molar-refractivity contribution is -0.136. The Morgan fingerprint density at radius 2 is 1.51 bits per heavy atom. The molecule has 0 aliphatic heterocycles. The highest BCUT2D eigenvalue weighted by Gasteiger charge is 2.18. The van der Waals surface area contributed by atoms with Gasteiger partial charge in [-0.05, 0) is 36.2 Å². The quantitative estimate of drug-likeness (QED) is 0.122. The lowest BCUT2D eigenvalue weighted by Gasteiger charge is -2.23. The van der Waals surface area contributed by atoms with Crippen molar-refractivity contribution < 1.29 is 19.4 Å². The molecule has 0 bridgehead atoms. The van der Waals surface area contributed by atoms with Crippen LogP contribution >= 0.6 is 0 Å². The lowest BCUT2D eigenvalue weighted by atomic mass is 10.0. The van der Waals surface area contributed by atoms with Crippen LogP contribution in [0.4, 0.5) is 34.0 Å². The van der Waals surface area contributed by atoms with E-state index in [9.17, 15) is 14.7 Å². The number of nitrogens with one attached hydrogen (secondary N) is 3. The van der Waals surface area contributed by atoms with Crippen molar-refractivity contribution in [2.75, 3.05) is 34.5 Å². The van der Waals surface area contributed by atoms with Crippen molar-refractivity contribution in [2.45, 2.75) is 19.9 Å². The number of carboxylic acid groups (broad SMARTS) is 1. The minimum Gasteiger partial charge on any atom is -0.495 e. The van der Waals surface area contributed by atoms with Crippen molar-refractivity contribution in [1.82, 2.24) is 15.0 Å². The van der Waals surface area contributed by atoms with Gasteiger partial charge in [0, 0.05) is 24.3 Å². The minimum absolute atomic E-state index is 0.0309. The number of hydrogen-bond donors (Lipinski definition) is 4. The zero-order valence-electron chi connectivity index (χ0n) is 24.9. The second-order valence-corrected chi connectivity index (χ2v) is 10.2. The van der Waals surface area contributed by atoms with Crippen molar-refractivity contribution in [2.24, 2.45) is 0 Å². The molecule has 0 saturated heterocycles. The van der Waals surface area contributed by atoms with Crippen LogP contribution in [-0.2, 0) is 11.3 Å². The van der Waals surface area contributed by atoms with Crippen LogP contribution in [0.3, 0.4) is 0 Å². The van der Waals surface area contributed by atoms with Crippen LogP contribution in [0.25, 0.3) is 11.1 Å². The molecular formula is C34H33N7O4. The normalized spacial score (nSPS) is 10.5. The van der Waals surface area contributed by atoms with E-state index in [0.29, 0.717) is 18.0 Å². The number of benzene rings is 4. The van der Waals surface area contributed by atoms with Gasteiger partial charge in [-0.1, -0.05) is 90.5 Å². The molecule has 45 heavy (non-hydrogen) atoms. The first-order valence-corrected chi connectivity index (χ1v) is 14.3. The second-order valence-electron chi connectivity index (χ2n) is 10.2. The molecule has 0 aliphatic rings. The number of ether oxygens (including phenoxy) is 1. The second kappa shape index (κ2) is 14.5. The number of rotatable bonds is 12. The largest absolute Gasteiger partial charge is 0.495 e. The van der Waals surface area contributed by atoms with Crippen LogP contribution in [0, 0.1) is 6.92 Å². The van der Waals surface area contributed by atoms with E-state index < -0.39 is 12.0 Å². The number of urea groups is 1. The number of amides is 2. The summed E-state index contributed by atoms with van der Waals surface area (Å²) in [6.07, 6.45) is -0.145. The molecule has 11 nitrogen and oxygen atoms in total. The van der Waals surface area contributed by atoms with Crippen molar-refractivity contribution >= 4 is 41.2 Å². The molecule has 5 aromatic rings. The Labute approximate surface area is 261 Å². The Balaban J connectivity index is 1.52.